The zero-order valence-electron chi connectivity index (χ0n) is 9.72. The molecule has 0 saturated carbocycles. The number of nitrogens with zero attached hydrogens (tertiary/aromatic N) is 2. The summed E-state index contributed by atoms with van der Waals surface area (Å²) in [6, 6.07) is 1.98. The summed E-state index contributed by atoms with van der Waals surface area (Å²) in [6.45, 7) is 3.74. The summed E-state index contributed by atoms with van der Waals surface area (Å²) in [5.74, 6) is 1.07. The van der Waals surface area contributed by atoms with Crippen LogP contribution in [-0.4, -0.2) is 34.2 Å². The highest BCUT2D eigenvalue weighted by atomic mass is 32.1. The second kappa shape index (κ2) is 5.37. The topological polar surface area (TPSA) is 73.1 Å². The molecule has 3 N–H and O–H groups in total. The maximum atomic E-state index is 5.53. The molecule has 2 heterocycles. The van der Waals surface area contributed by atoms with Crippen molar-refractivity contribution in [3.8, 4) is 0 Å². The number of nitrogens with one attached hydrogen (secondary N) is 1. The van der Waals surface area contributed by atoms with Crippen molar-refractivity contribution >= 4 is 23.2 Å². The third kappa shape index (κ3) is 3.10. The average molecular weight is 252 g/mol. The first-order valence-electron chi connectivity index (χ1n) is 5.64. The van der Waals surface area contributed by atoms with E-state index in [1.165, 1.54) is 0 Å². The average Bonchev–Trinajstić information content (AvgIpc) is 2.82. The molecular weight excluding hydrogens is 236 g/mol. The van der Waals surface area contributed by atoms with Gasteiger partial charge in [-0.2, -0.15) is 0 Å². The molecule has 1 aliphatic rings. The van der Waals surface area contributed by atoms with Crippen molar-refractivity contribution in [1.29, 1.82) is 0 Å². The second-order valence-electron chi connectivity index (χ2n) is 4.19. The molecule has 6 heteroatoms. The van der Waals surface area contributed by atoms with E-state index in [0.29, 0.717) is 17.6 Å². The molecular formula is C11H16N4OS. The van der Waals surface area contributed by atoms with Gasteiger partial charge in [0.05, 0.1) is 6.61 Å². The van der Waals surface area contributed by atoms with Gasteiger partial charge in [-0.15, -0.1) is 0 Å². The van der Waals surface area contributed by atoms with Gasteiger partial charge >= 0.3 is 0 Å². The third-order valence-corrected chi connectivity index (χ3v) is 3.15. The Balaban J connectivity index is 2.02. The highest BCUT2D eigenvalue weighted by molar-refractivity contribution is 7.80. The van der Waals surface area contributed by atoms with E-state index in [2.05, 4.69) is 22.2 Å². The van der Waals surface area contributed by atoms with Crippen molar-refractivity contribution in [2.75, 3.05) is 18.5 Å². The molecule has 5 nitrogen and oxygen atoms in total. The SMILES string of the molecule is CC(Nc1nccc(C(N)=S)n1)C1CCOC1. The number of thiocarbonyl (C=S) groups is 1. The van der Waals surface area contributed by atoms with Gasteiger partial charge in [-0.05, 0) is 19.4 Å². The van der Waals surface area contributed by atoms with E-state index in [4.69, 9.17) is 22.7 Å². The molecule has 0 spiro atoms. The van der Waals surface area contributed by atoms with Crippen LogP contribution < -0.4 is 11.1 Å². The van der Waals surface area contributed by atoms with Crippen molar-refractivity contribution in [1.82, 2.24) is 9.97 Å². The van der Waals surface area contributed by atoms with Gasteiger partial charge in [-0.3, -0.25) is 0 Å². The number of nitrogens with two attached hydrogens (primary N) is 1. The third-order valence-electron chi connectivity index (χ3n) is 2.94. The minimum atomic E-state index is 0.277. The minimum absolute atomic E-state index is 0.277. The molecule has 2 rings (SSSR count). The van der Waals surface area contributed by atoms with Crippen LogP contribution >= 0.6 is 12.2 Å². The van der Waals surface area contributed by atoms with Gasteiger partial charge in [0.15, 0.2) is 0 Å². The molecule has 0 amide bonds. The smallest absolute Gasteiger partial charge is 0.223 e. The lowest BCUT2D eigenvalue weighted by atomic mass is 10.0. The normalized spacial score (nSPS) is 21.1. The van der Waals surface area contributed by atoms with Crippen molar-refractivity contribution in [3.05, 3.63) is 18.0 Å². The first-order valence-corrected chi connectivity index (χ1v) is 6.05. The molecule has 17 heavy (non-hydrogen) atoms. The van der Waals surface area contributed by atoms with Crippen molar-refractivity contribution in [3.63, 3.8) is 0 Å². The Morgan fingerprint density at radius 1 is 1.71 bits per heavy atom. The van der Waals surface area contributed by atoms with E-state index in [0.717, 1.165) is 19.6 Å². The number of rotatable bonds is 4. The molecule has 1 fully saturated rings. The first kappa shape index (κ1) is 12.2. The summed E-state index contributed by atoms with van der Waals surface area (Å²) in [5, 5.41) is 3.26. The highest BCUT2D eigenvalue weighted by Gasteiger charge is 2.22. The van der Waals surface area contributed by atoms with Crippen LogP contribution in [0.1, 0.15) is 19.0 Å². The van der Waals surface area contributed by atoms with Gasteiger partial charge in [0.2, 0.25) is 5.95 Å². The minimum Gasteiger partial charge on any atom is -0.388 e. The number of aromatic nitrogens is 2. The van der Waals surface area contributed by atoms with Gasteiger partial charge in [0.25, 0.3) is 0 Å². The maximum absolute atomic E-state index is 5.53. The largest absolute Gasteiger partial charge is 0.388 e. The van der Waals surface area contributed by atoms with E-state index in [1.54, 1.807) is 12.3 Å². The Hall–Kier alpha value is -1.27. The Labute approximate surface area is 106 Å². The molecule has 2 unspecified atom stereocenters. The highest BCUT2D eigenvalue weighted by Crippen LogP contribution is 2.18. The van der Waals surface area contributed by atoms with E-state index >= 15 is 0 Å². The summed E-state index contributed by atoms with van der Waals surface area (Å²) < 4.78 is 5.36. The van der Waals surface area contributed by atoms with Crippen LogP contribution in [0.2, 0.25) is 0 Å². The summed E-state index contributed by atoms with van der Waals surface area (Å²) in [7, 11) is 0. The number of hydrogen-bond donors (Lipinski definition) is 2. The lowest BCUT2D eigenvalue weighted by Gasteiger charge is -2.19. The monoisotopic (exact) mass is 252 g/mol. The number of ether oxygens (including phenoxy) is 1. The fourth-order valence-electron chi connectivity index (χ4n) is 1.83. The van der Waals surface area contributed by atoms with Crippen LogP contribution in [0.25, 0.3) is 0 Å². The number of hydrogen-bond acceptors (Lipinski definition) is 5. The molecule has 1 aromatic heterocycles. The zero-order chi connectivity index (χ0) is 12.3. The Morgan fingerprint density at radius 3 is 3.18 bits per heavy atom. The van der Waals surface area contributed by atoms with Crippen molar-refractivity contribution in [2.24, 2.45) is 11.7 Å². The summed E-state index contributed by atoms with van der Waals surface area (Å²) in [5.41, 5.74) is 6.12. The van der Waals surface area contributed by atoms with Crippen LogP contribution in [0.4, 0.5) is 5.95 Å². The summed E-state index contributed by atoms with van der Waals surface area (Å²) >= 11 is 4.88. The lowest BCUT2D eigenvalue weighted by Crippen LogP contribution is -2.27. The predicted molar refractivity (Wildman–Crippen MR) is 69.9 cm³/mol. The van der Waals surface area contributed by atoms with Gasteiger partial charge in [0, 0.05) is 24.8 Å². The van der Waals surface area contributed by atoms with E-state index < -0.39 is 0 Å². The Morgan fingerprint density at radius 2 is 2.53 bits per heavy atom. The molecule has 0 radical (unpaired) electrons. The second-order valence-corrected chi connectivity index (χ2v) is 4.63. The van der Waals surface area contributed by atoms with E-state index in [1.807, 2.05) is 0 Å². The molecule has 2 atom stereocenters. The quantitative estimate of drug-likeness (QED) is 0.777. The van der Waals surface area contributed by atoms with Gasteiger partial charge in [-0.1, -0.05) is 12.2 Å². The molecule has 0 aliphatic carbocycles. The van der Waals surface area contributed by atoms with Crippen LogP contribution in [-0.2, 0) is 4.74 Å². The fourth-order valence-corrected chi connectivity index (χ4v) is 1.95. The van der Waals surface area contributed by atoms with Crippen LogP contribution in [0, 0.1) is 5.92 Å². The van der Waals surface area contributed by atoms with Crippen LogP contribution in [0.15, 0.2) is 12.3 Å². The fraction of sp³-hybridized carbons (Fsp3) is 0.545. The molecule has 0 aromatic carbocycles. The molecule has 92 valence electrons. The van der Waals surface area contributed by atoms with Crippen molar-refractivity contribution in [2.45, 2.75) is 19.4 Å². The van der Waals surface area contributed by atoms with E-state index in [9.17, 15) is 0 Å². The predicted octanol–water partition coefficient (Wildman–Crippen LogP) is 0.948. The van der Waals surface area contributed by atoms with Gasteiger partial charge in [0.1, 0.15) is 10.7 Å². The Kier molecular flexibility index (Phi) is 3.86. The Bertz CT molecular complexity index is 406. The zero-order valence-corrected chi connectivity index (χ0v) is 10.5. The number of anilines is 1. The van der Waals surface area contributed by atoms with Crippen LogP contribution in [0.3, 0.4) is 0 Å². The summed E-state index contributed by atoms with van der Waals surface area (Å²) in [4.78, 5) is 8.69. The molecule has 1 aromatic rings. The summed E-state index contributed by atoms with van der Waals surface area (Å²) in [6.07, 6.45) is 2.73. The lowest BCUT2D eigenvalue weighted by molar-refractivity contribution is 0.183. The first-order chi connectivity index (χ1) is 8.16. The van der Waals surface area contributed by atoms with Crippen molar-refractivity contribution < 1.29 is 4.74 Å². The molecule has 1 aliphatic heterocycles. The standard InChI is InChI=1S/C11H16N4OS/c1-7(8-3-5-16-6-8)14-11-13-4-2-9(15-11)10(12)17/h2,4,7-8H,3,5-6H2,1H3,(H2,12,17)(H,13,14,15). The van der Waals surface area contributed by atoms with E-state index in [-0.39, 0.29) is 11.0 Å². The van der Waals surface area contributed by atoms with Gasteiger partial charge in [-0.25, -0.2) is 9.97 Å². The molecule has 0 bridgehead atoms. The maximum Gasteiger partial charge on any atom is 0.223 e. The van der Waals surface area contributed by atoms with Gasteiger partial charge < -0.3 is 15.8 Å². The van der Waals surface area contributed by atoms with Crippen LogP contribution in [0.5, 0.6) is 0 Å². The molecule has 1 saturated heterocycles.